The summed E-state index contributed by atoms with van der Waals surface area (Å²) in [5, 5.41) is 16.3. The molecule has 0 amide bonds. The van der Waals surface area contributed by atoms with Gasteiger partial charge in [0.15, 0.2) is 11.6 Å². The number of halogens is 1. The molecule has 0 saturated heterocycles. The van der Waals surface area contributed by atoms with E-state index in [0.717, 1.165) is 30.8 Å². The summed E-state index contributed by atoms with van der Waals surface area (Å²) in [6.45, 7) is 1.28. The second-order valence-corrected chi connectivity index (χ2v) is 10.1. The molecule has 1 N–H and O–H groups in total. The third-order valence-corrected chi connectivity index (χ3v) is 7.35. The number of nitrogens with one attached hydrogen (secondary N) is 1. The lowest BCUT2D eigenvalue weighted by Crippen LogP contribution is -2.34. The predicted molar refractivity (Wildman–Crippen MR) is 119 cm³/mol. The van der Waals surface area contributed by atoms with Crippen molar-refractivity contribution in [2.45, 2.75) is 49.6 Å². The van der Waals surface area contributed by atoms with Crippen LogP contribution in [-0.4, -0.2) is 66.1 Å². The fourth-order valence-corrected chi connectivity index (χ4v) is 4.87. The summed E-state index contributed by atoms with van der Waals surface area (Å²) >= 11 is 0. The maximum Gasteiger partial charge on any atom is 0.244 e. The molecule has 0 aliphatic heterocycles. The quantitative estimate of drug-likeness (QED) is 0.516. The van der Waals surface area contributed by atoms with Crippen LogP contribution < -0.4 is 5.32 Å². The molecule has 0 unspecified atom stereocenters. The average Bonchev–Trinajstić information content (AvgIpc) is 3.16. The average molecular weight is 464 g/mol. The molecule has 0 aromatic carbocycles. The molecule has 2 aromatic heterocycles. The van der Waals surface area contributed by atoms with E-state index in [2.05, 4.69) is 15.4 Å². The van der Waals surface area contributed by atoms with Crippen molar-refractivity contribution in [2.75, 3.05) is 39.0 Å². The van der Waals surface area contributed by atoms with E-state index >= 15 is 0 Å². The van der Waals surface area contributed by atoms with Crippen molar-refractivity contribution in [3.8, 4) is 6.07 Å². The first-order chi connectivity index (χ1) is 15.3. The van der Waals surface area contributed by atoms with E-state index in [0.29, 0.717) is 19.0 Å². The van der Waals surface area contributed by atoms with Crippen LogP contribution in [0.4, 0.5) is 10.2 Å². The Labute approximate surface area is 188 Å². The molecule has 1 saturated carbocycles. The lowest BCUT2D eigenvalue weighted by atomic mass is 9.93. The smallest absolute Gasteiger partial charge is 0.244 e. The van der Waals surface area contributed by atoms with Crippen LogP contribution in [0.5, 0.6) is 0 Å². The highest BCUT2D eigenvalue weighted by molar-refractivity contribution is 7.89. The highest BCUT2D eigenvalue weighted by Crippen LogP contribution is 2.30. The van der Waals surface area contributed by atoms with Gasteiger partial charge in [-0.2, -0.15) is 14.7 Å². The molecular formula is C21H30FN7O2S. The summed E-state index contributed by atoms with van der Waals surface area (Å²) in [6.07, 6.45) is 7.20. The van der Waals surface area contributed by atoms with Crippen LogP contribution in [-0.2, 0) is 16.6 Å². The third kappa shape index (κ3) is 6.03. The topological polar surface area (TPSA) is 107 Å². The largest absolute Gasteiger partial charge is 0.362 e. The molecular weight excluding hydrogens is 433 g/mol. The first kappa shape index (κ1) is 24.1. The molecule has 174 valence electrons. The minimum Gasteiger partial charge on any atom is -0.362 e. The minimum atomic E-state index is -3.96. The van der Waals surface area contributed by atoms with Crippen LogP contribution in [0.1, 0.15) is 43.8 Å². The Balaban J connectivity index is 1.66. The van der Waals surface area contributed by atoms with Crippen molar-refractivity contribution < 1.29 is 12.8 Å². The minimum absolute atomic E-state index is 0.0293. The number of rotatable bonds is 12. The van der Waals surface area contributed by atoms with Gasteiger partial charge in [-0.3, -0.25) is 4.68 Å². The van der Waals surface area contributed by atoms with Crippen molar-refractivity contribution in [3.05, 3.63) is 36.0 Å². The maximum absolute atomic E-state index is 14.7. The second kappa shape index (κ2) is 10.8. The lowest BCUT2D eigenvalue weighted by Gasteiger charge is -2.25. The van der Waals surface area contributed by atoms with Gasteiger partial charge in [-0.25, -0.2) is 17.8 Å². The van der Waals surface area contributed by atoms with Crippen LogP contribution in [0, 0.1) is 17.1 Å². The molecule has 1 aliphatic rings. The van der Waals surface area contributed by atoms with Gasteiger partial charge in [0.25, 0.3) is 0 Å². The third-order valence-electron chi connectivity index (χ3n) is 5.49. The summed E-state index contributed by atoms with van der Waals surface area (Å²) in [6, 6.07) is 5.27. The monoisotopic (exact) mass is 463 g/mol. The molecule has 2 aromatic rings. The summed E-state index contributed by atoms with van der Waals surface area (Å²) < 4.78 is 43.9. The number of hydrogen-bond acceptors (Lipinski definition) is 7. The molecule has 0 spiro atoms. The van der Waals surface area contributed by atoms with E-state index in [9.17, 15) is 12.8 Å². The molecule has 11 heteroatoms. The zero-order chi connectivity index (χ0) is 23.1. The Morgan fingerprint density at radius 1 is 1.31 bits per heavy atom. The van der Waals surface area contributed by atoms with Crippen LogP contribution >= 0.6 is 0 Å². The molecule has 1 aliphatic carbocycles. The first-order valence-electron chi connectivity index (χ1n) is 10.8. The van der Waals surface area contributed by atoms with Gasteiger partial charge in [-0.1, -0.05) is 0 Å². The van der Waals surface area contributed by atoms with Crippen LogP contribution in [0.25, 0.3) is 0 Å². The van der Waals surface area contributed by atoms with Gasteiger partial charge in [-0.05, 0) is 58.5 Å². The number of anilines is 1. The normalized spacial score (nSPS) is 14.5. The van der Waals surface area contributed by atoms with Gasteiger partial charge < -0.3 is 10.2 Å². The van der Waals surface area contributed by atoms with E-state index in [1.54, 1.807) is 0 Å². The summed E-state index contributed by atoms with van der Waals surface area (Å²) in [7, 11) is -0.163. The van der Waals surface area contributed by atoms with Gasteiger partial charge in [0.05, 0.1) is 24.3 Å². The van der Waals surface area contributed by atoms with E-state index in [1.807, 2.05) is 42.0 Å². The van der Waals surface area contributed by atoms with Gasteiger partial charge in [0.1, 0.15) is 4.90 Å². The fourth-order valence-electron chi connectivity index (χ4n) is 3.43. The first-order valence-corrected chi connectivity index (χ1v) is 12.2. The highest BCUT2D eigenvalue weighted by atomic mass is 32.2. The van der Waals surface area contributed by atoms with Gasteiger partial charge in [-0.15, -0.1) is 0 Å². The number of nitriles is 1. The zero-order valence-electron chi connectivity index (χ0n) is 18.5. The highest BCUT2D eigenvalue weighted by Gasteiger charge is 2.26. The maximum atomic E-state index is 14.7. The molecule has 2 heterocycles. The fraction of sp³-hybridized carbons (Fsp3) is 0.571. The Kier molecular flexibility index (Phi) is 8.17. The lowest BCUT2D eigenvalue weighted by molar-refractivity contribution is 0.288. The van der Waals surface area contributed by atoms with Crippen LogP contribution in [0.3, 0.4) is 0 Å². The SMILES string of the molecule is CN(C)CCCN(CCC#N)S(=O)(=O)c1cnc(NCc2ccn(C3CCC3)n2)c(F)c1. The molecule has 9 nitrogen and oxygen atoms in total. The van der Waals surface area contributed by atoms with Crippen LogP contribution in [0.2, 0.25) is 0 Å². The van der Waals surface area contributed by atoms with E-state index in [1.165, 1.54) is 10.7 Å². The van der Waals surface area contributed by atoms with Crippen LogP contribution in [0.15, 0.2) is 29.4 Å². The number of aromatic nitrogens is 3. The van der Waals surface area contributed by atoms with Crippen molar-refractivity contribution in [1.29, 1.82) is 5.26 Å². The number of pyridine rings is 1. The zero-order valence-corrected chi connectivity index (χ0v) is 19.4. The standard InChI is InChI=1S/C21H30FN7O2S/c1-27(2)10-5-12-28(11-4-9-23)32(30,31)19-14-20(22)21(25-16-19)24-15-17-8-13-29(26-17)18-6-3-7-18/h8,13-14,16,18H,3-7,10-12,15H2,1-2H3,(H,24,25). The number of nitrogens with zero attached hydrogens (tertiary/aromatic N) is 6. The predicted octanol–water partition coefficient (Wildman–Crippen LogP) is 2.61. The molecule has 32 heavy (non-hydrogen) atoms. The molecule has 0 radical (unpaired) electrons. The molecule has 1 fully saturated rings. The van der Waals surface area contributed by atoms with Crippen molar-refractivity contribution in [3.63, 3.8) is 0 Å². The second-order valence-electron chi connectivity index (χ2n) is 8.20. The molecule has 0 bridgehead atoms. The Morgan fingerprint density at radius 3 is 2.72 bits per heavy atom. The van der Waals surface area contributed by atoms with E-state index in [-0.39, 0.29) is 36.8 Å². The Morgan fingerprint density at radius 2 is 2.09 bits per heavy atom. The summed E-state index contributed by atoms with van der Waals surface area (Å²) in [5.74, 6) is -0.781. The van der Waals surface area contributed by atoms with Gasteiger partial charge >= 0.3 is 0 Å². The Hall–Kier alpha value is -2.55. The molecule has 0 atom stereocenters. The van der Waals surface area contributed by atoms with Crippen molar-refractivity contribution >= 4 is 15.8 Å². The summed E-state index contributed by atoms with van der Waals surface area (Å²) in [5.41, 5.74) is 0.762. The van der Waals surface area contributed by atoms with Gasteiger partial charge in [0.2, 0.25) is 10.0 Å². The number of sulfonamides is 1. The van der Waals surface area contributed by atoms with Crippen molar-refractivity contribution in [1.82, 2.24) is 24.0 Å². The van der Waals surface area contributed by atoms with Crippen molar-refractivity contribution in [2.24, 2.45) is 0 Å². The Bertz CT molecular complexity index is 1040. The van der Waals surface area contributed by atoms with Gasteiger partial charge in [0, 0.05) is 31.9 Å². The van der Waals surface area contributed by atoms with E-state index < -0.39 is 15.8 Å². The summed E-state index contributed by atoms with van der Waals surface area (Å²) in [4.78, 5) is 5.73. The number of hydrogen-bond donors (Lipinski definition) is 1. The molecule has 3 rings (SSSR count). The van der Waals surface area contributed by atoms with E-state index in [4.69, 9.17) is 5.26 Å².